The Balaban J connectivity index is 2.45. The molecule has 0 aliphatic carbocycles. The van der Waals surface area contributed by atoms with E-state index in [4.69, 9.17) is 0 Å². The van der Waals surface area contributed by atoms with Crippen molar-refractivity contribution in [1.82, 2.24) is 10.6 Å². The van der Waals surface area contributed by atoms with E-state index >= 15 is 0 Å². The minimum Gasteiger partial charge on any atom is -0.338 e. The number of amides is 2. The minimum absolute atomic E-state index is 0.0445. The fourth-order valence-corrected chi connectivity index (χ4v) is 1.49. The molecule has 0 unspecified atom stereocenters. The number of urea groups is 1. The predicted octanol–water partition coefficient (Wildman–Crippen LogP) is 3.47. The van der Waals surface area contributed by atoms with E-state index in [1.54, 1.807) is 0 Å². The molecule has 0 heterocycles. The first-order chi connectivity index (χ1) is 9.29. The summed E-state index contributed by atoms with van der Waals surface area (Å²) in [4.78, 5) is 11.4. The van der Waals surface area contributed by atoms with Gasteiger partial charge in [-0.15, -0.1) is 6.58 Å². The van der Waals surface area contributed by atoms with Gasteiger partial charge in [-0.3, -0.25) is 0 Å². The number of halogens is 3. The smallest absolute Gasteiger partial charge is 0.338 e. The number of nitrogens with one attached hydrogen (secondary N) is 2. The van der Waals surface area contributed by atoms with Crippen LogP contribution >= 0.6 is 0 Å². The van der Waals surface area contributed by atoms with Gasteiger partial charge in [0.2, 0.25) is 0 Å². The molecule has 0 bridgehead atoms. The maximum Gasteiger partial charge on any atom is 0.416 e. The second kappa shape index (κ2) is 6.98. The molecule has 0 saturated heterocycles. The van der Waals surface area contributed by atoms with Crippen LogP contribution in [0.2, 0.25) is 0 Å². The van der Waals surface area contributed by atoms with Crippen LogP contribution in [0.3, 0.4) is 0 Å². The Morgan fingerprint density at radius 2 is 2.00 bits per heavy atom. The monoisotopic (exact) mass is 286 g/mol. The van der Waals surface area contributed by atoms with Crippen LogP contribution in [-0.2, 0) is 12.7 Å². The molecule has 2 N–H and O–H groups in total. The molecule has 0 atom stereocenters. The molecule has 1 aromatic rings. The lowest BCUT2D eigenvalue weighted by Crippen LogP contribution is -2.35. The fraction of sp³-hybridized carbons (Fsp3) is 0.357. The van der Waals surface area contributed by atoms with Crippen LogP contribution in [0, 0.1) is 0 Å². The van der Waals surface area contributed by atoms with Crippen LogP contribution in [0.5, 0.6) is 0 Å². The van der Waals surface area contributed by atoms with Crippen LogP contribution in [-0.4, -0.2) is 12.6 Å². The molecular weight excluding hydrogens is 269 g/mol. The Morgan fingerprint density at radius 3 is 2.60 bits per heavy atom. The first-order valence-electron chi connectivity index (χ1n) is 6.11. The van der Waals surface area contributed by atoms with Crippen molar-refractivity contribution < 1.29 is 18.0 Å². The summed E-state index contributed by atoms with van der Waals surface area (Å²) in [5, 5.41) is 5.10. The van der Waals surface area contributed by atoms with Gasteiger partial charge in [0.1, 0.15) is 0 Å². The highest BCUT2D eigenvalue weighted by Gasteiger charge is 2.30. The molecule has 0 aliphatic heterocycles. The zero-order valence-electron chi connectivity index (χ0n) is 11.2. The number of hydrogen-bond acceptors (Lipinski definition) is 1. The average Bonchev–Trinajstić information content (AvgIpc) is 2.35. The molecule has 3 nitrogen and oxygen atoms in total. The summed E-state index contributed by atoms with van der Waals surface area (Å²) in [6.07, 6.45) is -3.71. The molecular formula is C14H17F3N2O. The van der Waals surface area contributed by atoms with Crippen molar-refractivity contribution in [2.24, 2.45) is 0 Å². The summed E-state index contributed by atoms with van der Waals surface area (Å²) in [6, 6.07) is 4.45. The Morgan fingerprint density at radius 1 is 1.30 bits per heavy atom. The second-order valence-electron chi connectivity index (χ2n) is 4.51. The Labute approximate surface area is 115 Å². The van der Waals surface area contributed by atoms with Crippen molar-refractivity contribution in [1.29, 1.82) is 0 Å². The molecule has 6 heteroatoms. The first kappa shape index (κ1) is 16.1. The number of carbonyl (C=O) groups excluding carboxylic acids is 1. The summed E-state index contributed by atoms with van der Waals surface area (Å²) >= 11 is 0. The van der Waals surface area contributed by atoms with Crippen LogP contribution < -0.4 is 10.6 Å². The fourth-order valence-electron chi connectivity index (χ4n) is 1.49. The number of benzene rings is 1. The van der Waals surface area contributed by atoms with E-state index < -0.39 is 17.8 Å². The predicted molar refractivity (Wildman–Crippen MR) is 71.1 cm³/mol. The molecule has 0 fully saturated rings. The minimum atomic E-state index is -4.38. The summed E-state index contributed by atoms with van der Waals surface area (Å²) in [6.45, 7) is 6.04. The van der Waals surface area contributed by atoms with Crippen LogP contribution in [0.4, 0.5) is 18.0 Å². The van der Waals surface area contributed by atoms with Crippen molar-refractivity contribution in [2.45, 2.75) is 26.1 Å². The van der Waals surface area contributed by atoms with Gasteiger partial charge in [0, 0.05) is 13.1 Å². The SMILES string of the molecule is C=C(C)CCNC(=O)NCc1cccc(C(F)(F)F)c1. The maximum absolute atomic E-state index is 12.5. The zero-order valence-corrected chi connectivity index (χ0v) is 11.2. The number of rotatable bonds is 5. The van der Waals surface area contributed by atoms with E-state index in [1.807, 2.05) is 6.92 Å². The zero-order chi connectivity index (χ0) is 15.2. The normalized spacial score (nSPS) is 11.0. The lowest BCUT2D eigenvalue weighted by molar-refractivity contribution is -0.137. The van der Waals surface area contributed by atoms with Crippen molar-refractivity contribution in [3.8, 4) is 0 Å². The molecule has 0 radical (unpaired) electrons. The van der Waals surface area contributed by atoms with Crippen LogP contribution in [0.25, 0.3) is 0 Å². The van der Waals surface area contributed by atoms with Gasteiger partial charge in [0.25, 0.3) is 0 Å². The molecule has 0 spiro atoms. The van der Waals surface area contributed by atoms with Gasteiger partial charge in [0.15, 0.2) is 0 Å². The lowest BCUT2D eigenvalue weighted by Gasteiger charge is -2.10. The molecule has 2 amide bonds. The number of carbonyl (C=O) groups is 1. The summed E-state index contributed by atoms with van der Waals surface area (Å²) in [7, 11) is 0. The van der Waals surface area contributed by atoms with Crippen molar-refractivity contribution in [3.63, 3.8) is 0 Å². The Kier molecular flexibility index (Phi) is 5.61. The topological polar surface area (TPSA) is 41.1 Å². The summed E-state index contributed by atoms with van der Waals surface area (Å²) in [5.41, 5.74) is 0.623. The third-order valence-corrected chi connectivity index (χ3v) is 2.54. The average molecular weight is 286 g/mol. The standard InChI is InChI=1S/C14H17F3N2O/c1-10(2)6-7-18-13(20)19-9-11-4-3-5-12(8-11)14(15,16)17/h3-5,8H,1,6-7,9H2,2H3,(H2,18,19,20). The van der Waals surface area contributed by atoms with Gasteiger partial charge in [0.05, 0.1) is 5.56 Å². The van der Waals surface area contributed by atoms with Gasteiger partial charge in [-0.2, -0.15) is 13.2 Å². The van der Waals surface area contributed by atoms with E-state index in [2.05, 4.69) is 17.2 Å². The van der Waals surface area contributed by atoms with E-state index in [-0.39, 0.29) is 6.54 Å². The second-order valence-corrected chi connectivity index (χ2v) is 4.51. The van der Waals surface area contributed by atoms with Gasteiger partial charge < -0.3 is 10.6 Å². The molecule has 110 valence electrons. The number of hydrogen-bond donors (Lipinski definition) is 2. The van der Waals surface area contributed by atoms with Gasteiger partial charge in [-0.05, 0) is 31.0 Å². The van der Waals surface area contributed by atoms with Gasteiger partial charge in [-0.25, -0.2) is 4.79 Å². The highest BCUT2D eigenvalue weighted by atomic mass is 19.4. The molecule has 0 aliphatic rings. The maximum atomic E-state index is 12.5. The van der Waals surface area contributed by atoms with E-state index in [0.29, 0.717) is 18.5 Å². The van der Waals surface area contributed by atoms with Gasteiger partial charge >= 0.3 is 12.2 Å². The Bertz CT molecular complexity index is 484. The molecule has 1 rings (SSSR count). The van der Waals surface area contributed by atoms with E-state index in [9.17, 15) is 18.0 Å². The Hall–Kier alpha value is -1.98. The molecule has 0 aromatic heterocycles. The summed E-state index contributed by atoms with van der Waals surface area (Å²) < 4.78 is 37.5. The van der Waals surface area contributed by atoms with E-state index in [0.717, 1.165) is 17.7 Å². The third-order valence-electron chi connectivity index (χ3n) is 2.54. The highest BCUT2D eigenvalue weighted by Crippen LogP contribution is 2.29. The summed E-state index contributed by atoms with van der Waals surface area (Å²) in [5.74, 6) is 0. The highest BCUT2D eigenvalue weighted by molar-refractivity contribution is 5.73. The van der Waals surface area contributed by atoms with Crippen LogP contribution in [0.15, 0.2) is 36.4 Å². The van der Waals surface area contributed by atoms with Crippen molar-refractivity contribution in [3.05, 3.63) is 47.5 Å². The molecule has 20 heavy (non-hydrogen) atoms. The molecule has 0 saturated carbocycles. The van der Waals surface area contributed by atoms with Crippen LogP contribution in [0.1, 0.15) is 24.5 Å². The third kappa shape index (κ3) is 5.77. The molecule has 1 aromatic carbocycles. The van der Waals surface area contributed by atoms with E-state index in [1.165, 1.54) is 12.1 Å². The number of alkyl halides is 3. The van der Waals surface area contributed by atoms with Crippen molar-refractivity contribution in [2.75, 3.05) is 6.54 Å². The largest absolute Gasteiger partial charge is 0.416 e. The quantitative estimate of drug-likeness (QED) is 0.799. The first-order valence-corrected chi connectivity index (χ1v) is 6.11. The van der Waals surface area contributed by atoms with Gasteiger partial charge in [-0.1, -0.05) is 17.7 Å². The van der Waals surface area contributed by atoms with Crippen molar-refractivity contribution >= 4 is 6.03 Å². The lowest BCUT2D eigenvalue weighted by atomic mass is 10.1.